The zero-order chi connectivity index (χ0) is 18.4. The van der Waals surface area contributed by atoms with Gasteiger partial charge >= 0.3 is 0 Å². The van der Waals surface area contributed by atoms with Crippen molar-refractivity contribution in [2.75, 3.05) is 41.3 Å². The Balaban J connectivity index is 1.55. The number of amides is 1. The van der Waals surface area contributed by atoms with E-state index < -0.39 is 0 Å². The Morgan fingerprint density at radius 2 is 1.65 bits per heavy atom. The zero-order valence-electron chi connectivity index (χ0n) is 15.7. The van der Waals surface area contributed by atoms with Crippen LogP contribution in [0.2, 0.25) is 0 Å². The van der Waals surface area contributed by atoms with Crippen molar-refractivity contribution in [1.29, 1.82) is 0 Å². The van der Waals surface area contributed by atoms with Crippen LogP contribution in [0.25, 0.3) is 0 Å². The Kier molecular flexibility index (Phi) is 6.10. The number of nitrogens with one attached hydrogen (secondary N) is 1. The average molecular weight is 352 g/mol. The average Bonchev–Trinajstić information content (AvgIpc) is 2.70. The molecule has 0 spiro atoms. The summed E-state index contributed by atoms with van der Waals surface area (Å²) in [4.78, 5) is 21.3. The molecule has 1 aromatic carbocycles. The molecule has 0 radical (unpaired) electrons. The van der Waals surface area contributed by atoms with E-state index in [2.05, 4.69) is 52.1 Å². The predicted octanol–water partition coefficient (Wildman–Crippen LogP) is 3.78. The van der Waals surface area contributed by atoms with E-state index in [1.165, 1.54) is 5.69 Å². The van der Waals surface area contributed by atoms with Crippen molar-refractivity contribution in [3.05, 3.63) is 48.7 Å². The third-order valence-electron chi connectivity index (χ3n) is 5.11. The van der Waals surface area contributed by atoms with Gasteiger partial charge in [0.2, 0.25) is 5.91 Å². The first-order valence-electron chi connectivity index (χ1n) is 9.53. The van der Waals surface area contributed by atoms with Crippen molar-refractivity contribution in [1.82, 2.24) is 4.98 Å². The van der Waals surface area contributed by atoms with Crippen LogP contribution < -0.4 is 15.1 Å². The van der Waals surface area contributed by atoms with Gasteiger partial charge in [-0.25, -0.2) is 4.98 Å². The van der Waals surface area contributed by atoms with Crippen LogP contribution in [0.3, 0.4) is 0 Å². The number of carbonyl (C=O) groups excluding carboxylic acids is 1. The summed E-state index contributed by atoms with van der Waals surface area (Å²) >= 11 is 0. The van der Waals surface area contributed by atoms with E-state index in [0.717, 1.165) is 50.5 Å². The van der Waals surface area contributed by atoms with E-state index in [9.17, 15) is 4.79 Å². The van der Waals surface area contributed by atoms with Crippen LogP contribution in [-0.4, -0.2) is 37.1 Å². The third kappa shape index (κ3) is 4.34. The zero-order valence-corrected chi connectivity index (χ0v) is 15.7. The second-order valence-corrected chi connectivity index (χ2v) is 6.71. The molecule has 26 heavy (non-hydrogen) atoms. The van der Waals surface area contributed by atoms with E-state index in [-0.39, 0.29) is 11.8 Å². The number of aromatic nitrogens is 1. The topological polar surface area (TPSA) is 48.5 Å². The Morgan fingerprint density at radius 1 is 1.00 bits per heavy atom. The highest BCUT2D eigenvalue weighted by molar-refractivity contribution is 5.92. The molecular formula is C21H28N4O. The molecule has 0 saturated carbocycles. The lowest BCUT2D eigenvalue weighted by Gasteiger charge is -2.36. The molecule has 1 N–H and O–H groups in total. The summed E-state index contributed by atoms with van der Waals surface area (Å²) in [6.45, 7) is 7.98. The summed E-state index contributed by atoms with van der Waals surface area (Å²) in [7, 11) is 0. The standard InChI is InChI=1S/C21H28N4O/c1-3-17(4-2)21(26)23-18-8-10-19(11-9-18)24-13-15-25(16-14-24)20-7-5-6-12-22-20/h5-12,17H,3-4,13-16H2,1-2H3,(H,23,26). The SMILES string of the molecule is CCC(CC)C(=O)Nc1ccc(N2CCN(c3ccccn3)CC2)cc1. The van der Waals surface area contributed by atoms with Crippen LogP contribution in [0.1, 0.15) is 26.7 Å². The van der Waals surface area contributed by atoms with Crippen LogP contribution in [0.4, 0.5) is 17.2 Å². The maximum atomic E-state index is 12.2. The normalized spacial score (nSPS) is 14.6. The number of anilines is 3. The molecule has 1 amide bonds. The number of pyridine rings is 1. The first-order valence-corrected chi connectivity index (χ1v) is 9.53. The van der Waals surface area contributed by atoms with Crippen molar-refractivity contribution in [3.63, 3.8) is 0 Å². The fourth-order valence-corrected chi connectivity index (χ4v) is 3.39. The monoisotopic (exact) mass is 352 g/mol. The highest BCUT2D eigenvalue weighted by atomic mass is 16.1. The van der Waals surface area contributed by atoms with Gasteiger partial charge in [0.05, 0.1) is 0 Å². The van der Waals surface area contributed by atoms with Crippen LogP contribution in [0.5, 0.6) is 0 Å². The van der Waals surface area contributed by atoms with Crippen molar-refractivity contribution in [3.8, 4) is 0 Å². The molecular weight excluding hydrogens is 324 g/mol. The van der Waals surface area contributed by atoms with Crippen molar-refractivity contribution >= 4 is 23.1 Å². The van der Waals surface area contributed by atoms with Gasteiger partial charge in [0.25, 0.3) is 0 Å². The van der Waals surface area contributed by atoms with Gasteiger partial charge in [-0.1, -0.05) is 19.9 Å². The molecule has 0 atom stereocenters. The molecule has 1 aliphatic heterocycles. The lowest BCUT2D eigenvalue weighted by molar-refractivity contribution is -0.120. The maximum absolute atomic E-state index is 12.2. The summed E-state index contributed by atoms with van der Waals surface area (Å²) in [5.41, 5.74) is 2.07. The van der Waals surface area contributed by atoms with Gasteiger partial charge < -0.3 is 15.1 Å². The minimum Gasteiger partial charge on any atom is -0.368 e. The summed E-state index contributed by atoms with van der Waals surface area (Å²) < 4.78 is 0. The van der Waals surface area contributed by atoms with E-state index in [4.69, 9.17) is 0 Å². The number of hydrogen-bond donors (Lipinski definition) is 1. The molecule has 1 aliphatic rings. The molecule has 1 saturated heterocycles. The summed E-state index contributed by atoms with van der Waals surface area (Å²) in [5, 5.41) is 3.03. The Hall–Kier alpha value is -2.56. The minimum atomic E-state index is 0.0920. The lowest BCUT2D eigenvalue weighted by atomic mass is 10.0. The smallest absolute Gasteiger partial charge is 0.227 e. The van der Waals surface area contributed by atoms with Crippen LogP contribution in [0, 0.1) is 5.92 Å². The van der Waals surface area contributed by atoms with Gasteiger partial charge in [0.1, 0.15) is 5.82 Å². The van der Waals surface area contributed by atoms with Gasteiger partial charge in [0, 0.05) is 49.7 Å². The molecule has 1 aromatic heterocycles. The molecule has 0 aliphatic carbocycles. The minimum absolute atomic E-state index is 0.0920. The van der Waals surface area contributed by atoms with Crippen molar-refractivity contribution < 1.29 is 4.79 Å². The second kappa shape index (κ2) is 8.70. The summed E-state index contributed by atoms with van der Waals surface area (Å²) in [5.74, 6) is 1.26. The molecule has 1 fully saturated rings. The summed E-state index contributed by atoms with van der Waals surface area (Å²) in [6, 6.07) is 14.2. The highest BCUT2D eigenvalue weighted by Gasteiger charge is 2.18. The molecule has 2 heterocycles. The predicted molar refractivity (Wildman–Crippen MR) is 108 cm³/mol. The number of benzene rings is 1. The van der Waals surface area contributed by atoms with E-state index in [0.29, 0.717) is 0 Å². The fraction of sp³-hybridized carbons (Fsp3) is 0.429. The first-order chi connectivity index (χ1) is 12.7. The number of rotatable bonds is 6. The van der Waals surface area contributed by atoms with Crippen LogP contribution in [-0.2, 0) is 4.79 Å². The second-order valence-electron chi connectivity index (χ2n) is 6.71. The van der Waals surface area contributed by atoms with E-state index in [1.54, 1.807) is 0 Å². The lowest BCUT2D eigenvalue weighted by Crippen LogP contribution is -2.46. The van der Waals surface area contributed by atoms with Crippen molar-refractivity contribution in [2.45, 2.75) is 26.7 Å². The molecule has 5 nitrogen and oxygen atoms in total. The van der Waals surface area contributed by atoms with Gasteiger partial charge in [-0.15, -0.1) is 0 Å². The van der Waals surface area contributed by atoms with Gasteiger partial charge in [-0.3, -0.25) is 4.79 Å². The number of piperazine rings is 1. The maximum Gasteiger partial charge on any atom is 0.227 e. The quantitative estimate of drug-likeness (QED) is 0.859. The van der Waals surface area contributed by atoms with Gasteiger partial charge in [0.15, 0.2) is 0 Å². The van der Waals surface area contributed by atoms with Crippen LogP contribution in [0.15, 0.2) is 48.7 Å². The van der Waals surface area contributed by atoms with E-state index in [1.807, 2.05) is 30.5 Å². The molecule has 2 aromatic rings. The highest BCUT2D eigenvalue weighted by Crippen LogP contribution is 2.22. The molecule has 0 bridgehead atoms. The van der Waals surface area contributed by atoms with Gasteiger partial charge in [-0.2, -0.15) is 0 Å². The molecule has 138 valence electrons. The molecule has 5 heteroatoms. The van der Waals surface area contributed by atoms with E-state index >= 15 is 0 Å². The number of carbonyl (C=O) groups is 1. The first kappa shape index (κ1) is 18.2. The van der Waals surface area contributed by atoms with Gasteiger partial charge in [-0.05, 0) is 49.2 Å². The largest absolute Gasteiger partial charge is 0.368 e. The number of hydrogen-bond acceptors (Lipinski definition) is 4. The molecule has 0 unspecified atom stereocenters. The Labute approximate surface area is 156 Å². The third-order valence-corrected chi connectivity index (χ3v) is 5.11. The van der Waals surface area contributed by atoms with Crippen LogP contribution >= 0.6 is 0 Å². The Bertz CT molecular complexity index is 690. The number of nitrogens with zero attached hydrogens (tertiary/aromatic N) is 3. The van der Waals surface area contributed by atoms with Crippen molar-refractivity contribution in [2.24, 2.45) is 5.92 Å². The fourth-order valence-electron chi connectivity index (χ4n) is 3.39. The summed E-state index contributed by atoms with van der Waals surface area (Å²) in [6.07, 6.45) is 3.60. The molecule has 3 rings (SSSR count). The Morgan fingerprint density at radius 3 is 2.23 bits per heavy atom.